The Balaban J connectivity index is 2.49. The van der Waals surface area contributed by atoms with E-state index in [2.05, 4.69) is 15.3 Å². The number of nitriles is 1. The van der Waals surface area contributed by atoms with Crippen molar-refractivity contribution in [2.75, 3.05) is 12.4 Å². The quantitative estimate of drug-likeness (QED) is 0.644. The first-order chi connectivity index (χ1) is 13.3. The van der Waals surface area contributed by atoms with Crippen molar-refractivity contribution in [3.63, 3.8) is 0 Å². The molecular weight excluding hydrogens is 359 g/mol. The molecule has 2 atom stereocenters. The SMILES string of the molecule is CNc1nc(-c2ccc(F)cc2)c(/C=C/[C@@H](O)C[C@@H](O)CC#N)c(C(C)C)n1. The highest BCUT2D eigenvalue weighted by molar-refractivity contribution is 5.74. The Bertz CT molecular complexity index is 860. The molecule has 28 heavy (non-hydrogen) atoms. The number of anilines is 1. The fourth-order valence-corrected chi connectivity index (χ4v) is 2.78. The van der Waals surface area contributed by atoms with Crippen molar-refractivity contribution >= 4 is 12.0 Å². The van der Waals surface area contributed by atoms with E-state index in [1.807, 2.05) is 19.9 Å². The zero-order chi connectivity index (χ0) is 20.7. The molecule has 2 aromatic rings. The summed E-state index contributed by atoms with van der Waals surface area (Å²) < 4.78 is 13.4. The van der Waals surface area contributed by atoms with Gasteiger partial charge < -0.3 is 15.5 Å². The smallest absolute Gasteiger partial charge is 0.223 e. The zero-order valence-electron chi connectivity index (χ0n) is 16.2. The van der Waals surface area contributed by atoms with Crippen LogP contribution in [0.1, 0.15) is 43.9 Å². The predicted octanol–water partition coefficient (Wildman–Crippen LogP) is 3.49. The number of rotatable bonds is 8. The summed E-state index contributed by atoms with van der Waals surface area (Å²) in [6.45, 7) is 4.00. The topological polar surface area (TPSA) is 102 Å². The number of aromatic nitrogens is 2. The summed E-state index contributed by atoms with van der Waals surface area (Å²) in [4.78, 5) is 9.07. The molecule has 0 aliphatic carbocycles. The zero-order valence-corrected chi connectivity index (χ0v) is 16.2. The predicted molar refractivity (Wildman–Crippen MR) is 107 cm³/mol. The van der Waals surface area contributed by atoms with Gasteiger partial charge in [0.2, 0.25) is 5.95 Å². The summed E-state index contributed by atoms with van der Waals surface area (Å²) in [5.41, 5.74) is 2.83. The highest BCUT2D eigenvalue weighted by Crippen LogP contribution is 2.30. The van der Waals surface area contributed by atoms with Gasteiger partial charge in [-0.15, -0.1) is 0 Å². The van der Waals surface area contributed by atoms with E-state index in [9.17, 15) is 14.6 Å². The number of nitrogens with zero attached hydrogens (tertiary/aromatic N) is 3. The van der Waals surface area contributed by atoms with Gasteiger partial charge in [-0.3, -0.25) is 0 Å². The Labute approximate surface area is 164 Å². The highest BCUT2D eigenvalue weighted by Gasteiger charge is 2.17. The maximum atomic E-state index is 13.4. The molecule has 1 aromatic heterocycles. The molecule has 3 N–H and O–H groups in total. The van der Waals surface area contributed by atoms with Gasteiger partial charge in [-0.2, -0.15) is 5.26 Å². The Morgan fingerprint density at radius 2 is 1.89 bits per heavy atom. The molecule has 0 amide bonds. The molecule has 0 radical (unpaired) electrons. The molecule has 0 saturated carbocycles. The number of hydrogen-bond donors (Lipinski definition) is 3. The second-order valence-electron chi connectivity index (χ2n) is 6.78. The number of hydrogen-bond acceptors (Lipinski definition) is 6. The lowest BCUT2D eigenvalue weighted by Gasteiger charge is -2.16. The van der Waals surface area contributed by atoms with E-state index >= 15 is 0 Å². The van der Waals surface area contributed by atoms with Crippen molar-refractivity contribution in [3.8, 4) is 17.3 Å². The van der Waals surface area contributed by atoms with Crippen LogP contribution in [0, 0.1) is 17.1 Å². The van der Waals surface area contributed by atoms with E-state index in [0.717, 1.165) is 16.8 Å². The number of aliphatic hydroxyl groups is 2. The van der Waals surface area contributed by atoms with Gasteiger partial charge in [-0.25, -0.2) is 14.4 Å². The number of nitrogens with one attached hydrogen (secondary N) is 1. The Kier molecular flexibility index (Phi) is 7.61. The van der Waals surface area contributed by atoms with Crippen LogP contribution in [0.25, 0.3) is 17.3 Å². The molecule has 1 aromatic carbocycles. The van der Waals surface area contributed by atoms with E-state index in [-0.39, 0.29) is 24.6 Å². The minimum absolute atomic E-state index is 0.0387. The Morgan fingerprint density at radius 1 is 1.21 bits per heavy atom. The van der Waals surface area contributed by atoms with Crippen LogP contribution < -0.4 is 5.32 Å². The molecule has 0 aliphatic heterocycles. The molecule has 6 nitrogen and oxygen atoms in total. The normalized spacial score (nSPS) is 13.5. The summed E-state index contributed by atoms with van der Waals surface area (Å²) in [6.07, 6.45) is 1.47. The van der Waals surface area contributed by atoms with Gasteiger partial charge in [-0.05, 0) is 30.2 Å². The first kappa shape index (κ1) is 21.5. The van der Waals surface area contributed by atoms with Crippen molar-refractivity contribution in [2.24, 2.45) is 0 Å². The minimum Gasteiger partial charge on any atom is -0.392 e. The van der Waals surface area contributed by atoms with Gasteiger partial charge >= 0.3 is 0 Å². The van der Waals surface area contributed by atoms with Crippen LogP contribution in [-0.2, 0) is 0 Å². The van der Waals surface area contributed by atoms with E-state index < -0.39 is 12.2 Å². The van der Waals surface area contributed by atoms with Crippen LogP contribution in [0.15, 0.2) is 30.3 Å². The van der Waals surface area contributed by atoms with Crippen molar-refractivity contribution in [1.29, 1.82) is 5.26 Å². The van der Waals surface area contributed by atoms with Crippen LogP contribution in [0.3, 0.4) is 0 Å². The van der Waals surface area contributed by atoms with Gasteiger partial charge in [0.05, 0.1) is 36.1 Å². The molecular formula is C21H25FN4O2. The first-order valence-electron chi connectivity index (χ1n) is 9.12. The molecule has 0 fully saturated rings. The molecule has 0 bridgehead atoms. The third-order valence-corrected chi connectivity index (χ3v) is 4.19. The largest absolute Gasteiger partial charge is 0.392 e. The summed E-state index contributed by atoms with van der Waals surface area (Å²) in [5, 5.41) is 31.4. The van der Waals surface area contributed by atoms with E-state index in [0.29, 0.717) is 11.6 Å². The lowest BCUT2D eigenvalue weighted by atomic mass is 9.97. The summed E-state index contributed by atoms with van der Waals surface area (Å²) in [7, 11) is 1.73. The maximum absolute atomic E-state index is 13.4. The second kappa shape index (κ2) is 9.93. The summed E-state index contributed by atoms with van der Waals surface area (Å²) in [5.74, 6) is 0.190. The molecule has 7 heteroatoms. The van der Waals surface area contributed by atoms with Crippen LogP contribution >= 0.6 is 0 Å². The van der Waals surface area contributed by atoms with Crippen molar-refractivity contribution in [2.45, 2.75) is 44.8 Å². The van der Waals surface area contributed by atoms with Crippen molar-refractivity contribution in [3.05, 3.63) is 47.4 Å². The monoisotopic (exact) mass is 384 g/mol. The average Bonchev–Trinajstić information content (AvgIpc) is 2.66. The van der Waals surface area contributed by atoms with Crippen LogP contribution in [0.5, 0.6) is 0 Å². The van der Waals surface area contributed by atoms with Gasteiger partial charge in [0, 0.05) is 24.6 Å². The summed E-state index contributed by atoms with van der Waals surface area (Å²) >= 11 is 0. The molecule has 0 saturated heterocycles. The van der Waals surface area contributed by atoms with Crippen molar-refractivity contribution < 1.29 is 14.6 Å². The lowest BCUT2D eigenvalue weighted by molar-refractivity contribution is 0.107. The van der Waals surface area contributed by atoms with Gasteiger partial charge in [0.15, 0.2) is 0 Å². The van der Waals surface area contributed by atoms with Crippen LogP contribution in [0.4, 0.5) is 10.3 Å². The third kappa shape index (κ3) is 5.59. The first-order valence-corrected chi connectivity index (χ1v) is 9.12. The Morgan fingerprint density at radius 3 is 2.46 bits per heavy atom. The maximum Gasteiger partial charge on any atom is 0.223 e. The average molecular weight is 384 g/mol. The van der Waals surface area contributed by atoms with Crippen molar-refractivity contribution in [1.82, 2.24) is 9.97 Å². The van der Waals surface area contributed by atoms with Gasteiger partial charge in [0.25, 0.3) is 0 Å². The molecule has 1 heterocycles. The number of aliphatic hydroxyl groups excluding tert-OH is 2. The number of benzene rings is 1. The molecule has 0 spiro atoms. The molecule has 0 aliphatic rings. The minimum atomic E-state index is -0.923. The highest BCUT2D eigenvalue weighted by atomic mass is 19.1. The van der Waals surface area contributed by atoms with E-state index in [1.165, 1.54) is 12.1 Å². The lowest BCUT2D eigenvalue weighted by Crippen LogP contribution is -2.15. The third-order valence-electron chi connectivity index (χ3n) is 4.19. The summed E-state index contributed by atoms with van der Waals surface area (Å²) in [6, 6.07) is 7.90. The van der Waals surface area contributed by atoms with E-state index in [1.54, 1.807) is 31.3 Å². The van der Waals surface area contributed by atoms with E-state index in [4.69, 9.17) is 5.26 Å². The Hall–Kier alpha value is -2.82. The fourth-order valence-electron chi connectivity index (χ4n) is 2.78. The molecule has 0 unspecified atom stereocenters. The van der Waals surface area contributed by atoms with Gasteiger partial charge in [0.1, 0.15) is 5.82 Å². The number of halogens is 1. The molecule has 148 valence electrons. The van der Waals surface area contributed by atoms with Gasteiger partial charge in [-0.1, -0.05) is 26.0 Å². The van der Waals surface area contributed by atoms with Crippen LogP contribution in [0.2, 0.25) is 0 Å². The fraction of sp³-hybridized carbons (Fsp3) is 0.381. The van der Waals surface area contributed by atoms with Crippen LogP contribution in [-0.4, -0.2) is 39.4 Å². The molecule has 2 rings (SSSR count). The standard InChI is InChI=1S/C21H25FN4O2/c1-13(2)19-18(9-8-16(27)12-17(28)10-11-23)20(26-21(24-3)25-19)14-4-6-15(22)7-5-14/h4-9,13,16-17,27-28H,10,12H2,1-3H3,(H,24,25,26)/b9-8+/t16-,17+/m1/s1. The second-order valence-corrected chi connectivity index (χ2v) is 6.78.